The highest BCUT2D eigenvalue weighted by Gasteiger charge is 2.17. The topological polar surface area (TPSA) is 96.2 Å². The normalized spacial score (nSPS) is 14.5. The molecule has 0 saturated heterocycles. The van der Waals surface area contributed by atoms with Crippen molar-refractivity contribution in [2.45, 2.75) is 0 Å². The second-order valence-corrected chi connectivity index (χ2v) is 5.61. The van der Waals surface area contributed by atoms with Gasteiger partial charge < -0.3 is 19.5 Å². The Hall–Kier alpha value is -3.20. The summed E-state index contributed by atoms with van der Waals surface area (Å²) in [6.07, 6.45) is 3.25. The van der Waals surface area contributed by atoms with Crippen molar-refractivity contribution in [3.63, 3.8) is 0 Å². The van der Waals surface area contributed by atoms with E-state index in [9.17, 15) is 0 Å². The maximum Gasteiger partial charge on any atom is 0.257 e. The lowest BCUT2D eigenvalue weighted by Crippen LogP contribution is -2.15. The van der Waals surface area contributed by atoms with Crippen LogP contribution in [-0.4, -0.2) is 51.4 Å². The van der Waals surface area contributed by atoms with Crippen molar-refractivity contribution in [2.75, 3.05) is 31.7 Å². The van der Waals surface area contributed by atoms with E-state index in [0.717, 1.165) is 11.3 Å². The molecule has 26 heavy (non-hydrogen) atoms. The number of ether oxygens (including phenoxy) is 3. The van der Waals surface area contributed by atoms with Crippen molar-refractivity contribution < 1.29 is 14.2 Å². The van der Waals surface area contributed by atoms with Gasteiger partial charge in [-0.2, -0.15) is 10.2 Å². The van der Waals surface area contributed by atoms with Gasteiger partial charge in [0.05, 0.1) is 30.7 Å². The molecule has 0 amide bonds. The monoisotopic (exact) mass is 354 g/mol. The largest absolute Gasteiger partial charge is 0.488 e. The van der Waals surface area contributed by atoms with Gasteiger partial charge >= 0.3 is 0 Å². The third kappa shape index (κ3) is 3.42. The van der Waals surface area contributed by atoms with E-state index in [-0.39, 0.29) is 0 Å². The summed E-state index contributed by atoms with van der Waals surface area (Å²) >= 11 is 0. The lowest BCUT2D eigenvalue weighted by Gasteiger charge is -2.18. The lowest BCUT2D eigenvalue weighted by molar-refractivity contribution is 0.0752. The number of para-hydroxylation sites is 1. The summed E-state index contributed by atoms with van der Waals surface area (Å²) in [4.78, 5) is 4.33. The molecule has 0 aliphatic carbocycles. The number of nitrogens with zero attached hydrogens (tertiary/aromatic N) is 5. The highest BCUT2D eigenvalue weighted by Crippen LogP contribution is 2.38. The van der Waals surface area contributed by atoms with Gasteiger partial charge in [0.25, 0.3) is 5.88 Å². The fourth-order valence-corrected chi connectivity index (χ4v) is 2.60. The fourth-order valence-electron chi connectivity index (χ4n) is 2.60. The highest BCUT2D eigenvalue weighted by molar-refractivity contribution is 5.78. The van der Waals surface area contributed by atoms with E-state index in [1.54, 1.807) is 23.3 Å². The molecule has 0 atom stereocenters. The van der Waals surface area contributed by atoms with Crippen LogP contribution in [0.3, 0.4) is 0 Å². The summed E-state index contributed by atoms with van der Waals surface area (Å²) in [5.41, 5.74) is 2.24. The van der Waals surface area contributed by atoms with Crippen LogP contribution in [0.4, 0.5) is 11.4 Å². The van der Waals surface area contributed by atoms with E-state index < -0.39 is 0 Å². The molecule has 1 N–H and O–H groups in total. The number of rotatable bonds is 1. The number of aromatic nitrogens is 5. The molecule has 1 aliphatic heterocycles. The van der Waals surface area contributed by atoms with Crippen molar-refractivity contribution in [3.05, 3.63) is 36.8 Å². The van der Waals surface area contributed by atoms with Crippen LogP contribution in [0.5, 0.6) is 11.6 Å². The van der Waals surface area contributed by atoms with Gasteiger partial charge in [0.2, 0.25) is 0 Å². The van der Waals surface area contributed by atoms with Gasteiger partial charge in [-0.1, -0.05) is 6.07 Å². The van der Waals surface area contributed by atoms with Crippen LogP contribution < -0.4 is 14.8 Å². The van der Waals surface area contributed by atoms with Crippen LogP contribution in [0.2, 0.25) is 0 Å². The molecule has 134 valence electrons. The number of anilines is 2. The first kappa shape index (κ1) is 16.3. The van der Waals surface area contributed by atoms with Gasteiger partial charge in [-0.3, -0.25) is 4.68 Å². The molecule has 0 spiro atoms. The Morgan fingerprint density at radius 1 is 1.04 bits per heavy atom. The number of aryl methyl sites for hydroxylation is 1. The number of hydrogen-bond acceptors (Lipinski definition) is 8. The molecule has 3 aromatic rings. The van der Waals surface area contributed by atoms with E-state index in [0.29, 0.717) is 49.6 Å². The van der Waals surface area contributed by atoms with Crippen molar-refractivity contribution in [1.82, 2.24) is 25.0 Å². The predicted molar refractivity (Wildman–Crippen MR) is 93.6 cm³/mol. The third-order valence-electron chi connectivity index (χ3n) is 3.75. The smallest absolute Gasteiger partial charge is 0.257 e. The van der Waals surface area contributed by atoms with Crippen LogP contribution in [0.15, 0.2) is 36.8 Å². The van der Waals surface area contributed by atoms with Crippen molar-refractivity contribution in [2.24, 2.45) is 7.05 Å². The number of hydrogen-bond donors (Lipinski definition) is 1. The Labute approximate surface area is 149 Å². The van der Waals surface area contributed by atoms with E-state index in [1.807, 2.05) is 25.2 Å². The third-order valence-corrected chi connectivity index (χ3v) is 3.75. The molecule has 0 radical (unpaired) electrons. The maximum absolute atomic E-state index is 6.02. The second-order valence-electron chi connectivity index (χ2n) is 5.61. The molecule has 0 saturated carbocycles. The quantitative estimate of drug-likeness (QED) is 0.707. The average Bonchev–Trinajstić information content (AvgIpc) is 3.08. The Morgan fingerprint density at radius 3 is 2.77 bits per heavy atom. The molecular formula is C17H18N6O3. The number of nitrogens with one attached hydrogen (secondary N) is 1. The van der Waals surface area contributed by atoms with Crippen molar-refractivity contribution in [3.8, 4) is 23.0 Å². The molecule has 0 fully saturated rings. The molecular weight excluding hydrogens is 336 g/mol. The molecule has 0 unspecified atom stereocenters. The van der Waals surface area contributed by atoms with Gasteiger partial charge in [-0.25, -0.2) is 4.98 Å². The second kappa shape index (κ2) is 7.36. The van der Waals surface area contributed by atoms with Gasteiger partial charge in [0.1, 0.15) is 25.2 Å². The molecule has 1 aromatic carbocycles. The molecule has 4 rings (SSSR count). The first-order valence-electron chi connectivity index (χ1n) is 8.22. The van der Waals surface area contributed by atoms with Crippen molar-refractivity contribution in [1.29, 1.82) is 0 Å². The van der Waals surface area contributed by atoms with Crippen LogP contribution in [-0.2, 0) is 11.8 Å². The Morgan fingerprint density at radius 2 is 1.92 bits per heavy atom. The minimum atomic E-state index is 0.387. The van der Waals surface area contributed by atoms with Gasteiger partial charge in [0, 0.05) is 7.05 Å². The maximum atomic E-state index is 6.02. The van der Waals surface area contributed by atoms with Crippen LogP contribution in [0.1, 0.15) is 0 Å². The Bertz CT molecular complexity index is 898. The summed E-state index contributed by atoms with van der Waals surface area (Å²) < 4.78 is 18.9. The van der Waals surface area contributed by atoms with E-state index in [4.69, 9.17) is 14.2 Å². The van der Waals surface area contributed by atoms with Gasteiger partial charge in [-0.15, -0.1) is 5.10 Å². The zero-order valence-electron chi connectivity index (χ0n) is 14.3. The number of fused-ring (bicyclic) bond motifs is 2. The summed E-state index contributed by atoms with van der Waals surface area (Å²) in [6, 6.07) is 7.55. The highest BCUT2D eigenvalue weighted by atomic mass is 16.5. The lowest BCUT2D eigenvalue weighted by atomic mass is 10.1. The van der Waals surface area contributed by atoms with Crippen molar-refractivity contribution >= 4 is 11.4 Å². The predicted octanol–water partition coefficient (Wildman–Crippen LogP) is 1.80. The standard InChI is InChI=1S/C17H18N6O3/c1-23-11-18-16(22-23)12-3-2-4-13-15(12)25-9-7-24-8-10-26-17-14(20-13)5-6-19-21-17/h2-6,11,20H,7-10H2,1H3. The SMILES string of the molecule is Cn1cnc(-c2cccc3c2OCCOCCOc2nnccc2N3)n1. The minimum Gasteiger partial charge on any atom is -0.488 e. The molecule has 2 aromatic heterocycles. The zero-order valence-corrected chi connectivity index (χ0v) is 14.3. The van der Waals surface area contributed by atoms with Crippen LogP contribution in [0, 0.1) is 0 Å². The summed E-state index contributed by atoms with van der Waals surface area (Å²) in [7, 11) is 1.82. The molecule has 3 heterocycles. The summed E-state index contributed by atoms with van der Waals surface area (Å²) in [5, 5.41) is 15.6. The van der Waals surface area contributed by atoms with E-state index >= 15 is 0 Å². The van der Waals surface area contributed by atoms with Crippen LogP contribution in [0.25, 0.3) is 11.4 Å². The fraction of sp³-hybridized carbons (Fsp3) is 0.294. The Kier molecular flexibility index (Phi) is 4.61. The summed E-state index contributed by atoms with van der Waals surface area (Å²) in [5.74, 6) is 1.64. The molecule has 9 nitrogen and oxygen atoms in total. The molecule has 9 heteroatoms. The average molecular weight is 354 g/mol. The number of benzene rings is 1. The molecule has 0 bridgehead atoms. The molecule has 1 aliphatic rings. The summed E-state index contributed by atoms with van der Waals surface area (Å²) in [6.45, 7) is 1.67. The first-order chi connectivity index (χ1) is 12.8. The van der Waals surface area contributed by atoms with E-state index in [1.165, 1.54) is 0 Å². The van der Waals surface area contributed by atoms with Gasteiger partial charge in [-0.05, 0) is 18.2 Å². The zero-order chi connectivity index (χ0) is 17.8. The van der Waals surface area contributed by atoms with Gasteiger partial charge in [0.15, 0.2) is 11.6 Å². The van der Waals surface area contributed by atoms with Crippen LogP contribution >= 0.6 is 0 Å². The Balaban J connectivity index is 1.78. The minimum absolute atomic E-state index is 0.387. The van der Waals surface area contributed by atoms with E-state index in [2.05, 4.69) is 25.6 Å². The first-order valence-corrected chi connectivity index (χ1v) is 8.22.